The first-order valence-corrected chi connectivity index (χ1v) is 10.2. The van der Waals surface area contributed by atoms with Gasteiger partial charge in [0.25, 0.3) is 0 Å². The first-order chi connectivity index (χ1) is 14.2. The van der Waals surface area contributed by atoms with E-state index >= 15 is 0 Å². The molecule has 0 bridgehead atoms. The topological polar surface area (TPSA) is 74.8 Å². The van der Waals surface area contributed by atoms with Crippen LogP contribution in [0.1, 0.15) is 42.4 Å². The molecule has 0 saturated heterocycles. The Labute approximate surface area is 172 Å². The third-order valence-electron chi connectivity index (χ3n) is 5.02. The van der Waals surface area contributed by atoms with Crippen LogP contribution in [0, 0.1) is 0 Å². The van der Waals surface area contributed by atoms with Gasteiger partial charge in [-0.1, -0.05) is 49.4 Å². The summed E-state index contributed by atoms with van der Waals surface area (Å²) in [5, 5.41) is 9.69. The van der Waals surface area contributed by atoms with Crippen LogP contribution in [-0.2, 0) is 22.7 Å². The maximum Gasteiger partial charge on any atom is 0.225 e. The second kappa shape index (κ2) is 10.6. The Morgan fingerprint density at radius 2 is 1.90 bits per heavy atom. The monoisotopic (exact) mass is 394 g/mol. The molecular weight excluding hydrogens is 364 g/mol. The van der Waals surface area contributed by atoms with Crippen molar-refractivity contribution in [3.63, 3.8) is 0 Å². The Bertz CT molecular complexity index is 850. The molecule has 0 saturated carbocycles. The number of fused-ring (bicyclic) bond motifs is 1. The smallest absolute Gasteiger partial charge is 0.225 e. The highest BCUT2D eigenvalue weighted by Gasteiger charge is 2.24. The van der Waals surface area contributed by atoms with Gasteiger partial charge in [0.1, 0.15) is 0 Å². The summed E-state index contributed by atoms with van der Waals surface area (Å²) in [5.74, 6) is 0.894. The van der Waals surface area contributed by atoms with E-state index in [-0.39, 0.29) is 11.8 Å². The van der Waals surface area contributed by atoms with Crippen molar-refractivity contribution in [1.29, 1.82) is 0 Å². The molecule has 154 valence electrons. The zero-order valence-corrected chi connectivity index (χ0v) is 17.2. The molecule has 0 aliphatic carbocycles. The number of nitrogens with zero attached hydrogens (tertiary/aromatic N) is 1. The molecule has 0 aromatic heterocycles. The SMILES string of the molecule is CCCOCc1ccccc1CNC(=NC)NCC1CC(=O)Nc2ccccc21. The van der Waals surface area contributed by atoms with Gasteiger partial charge >= 0.3 is 0 Å². The number of guanidine groups is 1. The minimum Gasteiger partial charge on any atom is -0.377 e. The Balaban J connectivity index is 1.57. The lowest BCUT2D eigenvalue weighted by Crippen LogP contribution is -2.40. The minimum atomic E-state index is 0.0550. The van der Waals surface area contributed by atoms with Gasteiger partial charge in [0.05, 0.1) is 6.61 Å². The molecule has 0 radical (unpaired) electrons. The highest BCUT2D eigenvalue weighted by molar-refractivity contribution is 5.94. The van der Waals surface area contributed by atoms with E-state index in [4.69, 9.17) is 4.74 Å². The third kappa shape index (κ3) is 5.81. The van der Waals surface area contributed by atoms with E-state index in [1.165, 1.54) is 11.1 Å². The van der Waals surface area contributed by atoms with Gasteiger partial charge in [0, 0.05) is 44.8 Å². The minimum absolute atomic E-state index is 0.0550. The third-order valence-corrected chi connectivity index (χ3v) is 5.02. The van der Waals surface area contributed by atoms with Crippen LogP contribution in [0.15, 0.2) is 53.5 Å². The van der Waals surface area contributed by atoms with Crippen molar-refractivity contribution in [2.45, 2.75) is 38.8 Å². The molecule has 1 unspecified atom stereocenters. The van der Waals surface area contributed by atoms with Crippen molar-refractivity contribution in [2.24, 2.45) is 4.99 Å². The summed E-state index contributed by atoms with van der Waals surface area (Å²) in [6.07, 6.45) is 1.48. The van der Waals surface area contributed by atoms with E-state index in [1.807, 2.05) is 30.3 Å². The second-order valence-electron chi connectivity index (χ2n) is 7.16. The first-order valence-electron chi connectivity index (χ1n) is 10.2. The van der Waals surface area contributed by atoms with Gasteiger partial charge in [0.15, 0.2) is 5.96 Å². The predicted octanol–water partition coefficient (Wildman–Crippen LogP) is 3.40. The van der Waals surface area contributed by atoms with Crippen LogP contribution >= 0.6 is 0 Å². The molecule has 1 aliphatic heterocycles. The normalized spacial score (nSPS) is 16.1. The summed E-state index contributed by atoms with van der Waals surface area (Å²) >= 11 is 0. The van der Waals surface area contributed by atoms with Crippen molar-refractivity contribution < 1.29 is 9.53 Å². The van der Waals surface area contributed by atoms with Crippen molar-refractivity contribution in [2.75, 3.05) is 25.5 Å². The average molecular weight is 395 g/mol. The van der Waals surface area contributed by atoms with Crippen molar-refractivity contribution in [3.8, 4) is 0 Å². The molecule has 29 heavy (non-hydrogen) atoms. The Hall–Kier alpha value is -2.86. The Morgan fingerprint density at radius 3 is 2.69 bits per heavy atom. The van der Waals surface area contributed by atoms with E-state index in [1.54, 1.807) is 7.05 Å². The molecular formula is C23H30N4O2. The standard InChI is InChI=1S/C23H30N4O2/c1-3-12-29-16-18-9-5-4-8-17(18)14-25-23(24-2)26-15-19-13-22(28)27-21-11-7-6-10-20(19)21/h4-11,19H,3,12-16H2,1-2H3,(H,27,28)(H2,24,25,26). The maximum atomic E-state index is 12.0. The molecule has 2 aromatic rings. The van der Waals surface area contributed by atoms with E-state index < -0.39 is 0 Å². The summed E-state index contributed by atoms with van der Waals surface area (Å²) in [6, 6.07) is 16.2. The lowest BCUT2D eigenvalue weighted by atomic mass is 9.90. The Morgan fingerprint density at radius 1 is 1.14 bits per heavy atom. The van der Waals surface area contributed by atoms with Crippen LogP contribution in [0.25, 0.3) is 0 Å². The van der Waals surface area contributed by atoms with Gasteiger partial charge in [-0.05, 0) is 29.2 Å². The summed E-state index contributed by atoms with van der Waals surface area (Å²) in [5.41, 5.74) is 4.43. The van der Waals surface area contributed by atoms with Gasteiger partial charge in [-0.3, -0.25) is 9.79 Å². The maximum absolute atomic E-state index is 12.0. The molecule has 1 heterocycles. The lowest BCUT2D eigenvalue weighted by Gasteiger charge is -2.26. The molecule has 3 N–H and O–H groups in total. The zero-order valence-electron chi connectivity index (χ0n) is 17.2. The molecule has 1 amide bonds. The molecule has 6 nitrogen and oxygen atoms in total. The average Bonchev–Trinajstić information content (AvgIpc) is 2.74. The molecule has 1 aliphatic rings. The number of amides is 1. The van der Waals surface area contributed by atoms with Crippen molar-refractivity contribution >= 4 is 17.6 Å². The van der Waals surface area contributed by atoms with E-state index in [0.29, 0.717) is 26.1 Å². The van der Waals surface area contributed by atoms with Crippen LogP contribution < -0.4 is 16.0 Å². The lowest BCUT2D eigenvalue weighted by molar-refractivity contribution is -0.116. The van der Waals surface area contributed by atoms with E-state index in [9.17, 15) is 4.79 Å². The number of carbonyl (C=O) groups is 1. The van der Waals surface area contributed by atoms with Gasteiger partial charge in [0.2, 0.25) is 5.91 Å². The summed E-state index contributed by atoms with van der Waals surface area (Å²) in [7, 11) is 1.76. The highest BCUT2D eigenvalue weighted by atomic mass is 16.5. The number of hydrogen-bond donors (Lipinski definition) is 3. The molecule has 6 heteroatoms. The largest absolute Gasteiger partial charge is 0.377 e. The van der Waals surface area contributed by atoms with E-state index in [2.05, 4.69) is 46.1 Å². The number of nitrogens with one attached hydrogen (secondary N) is 3. The molecule has 0 spiro atoms. The Kier molecular flexibility index (Phi) is 7.64. The molecule has 2 aromatic carbocycles. The first kappa shape index (κ1) is 20.9. The highest BCUT2D eigenvalue weighted by Crippen LogP contribution is 2.31. The number of para-hydroxylation sites is 1. The number of ether oxygens (including phenoxy) is 1. The fourth-order valence-corrected chi connectivity index (χ4v) is 3.50. The summed E-state index contributed by atoms with van der Waals surface area (Å²) < 4.78 is 5.70. The fraction of sp³-hybridized carbons (Fsp3) is 0.391. The van der Waals surface area contributed by atoms with Gasteiger partial charge in [-0.2, -0.15) is 0 Å². The van der Waals surface area contributed by atoms with Crippen LogP contribution in [-0.4, -0.2) is 32.1 Å². The zero-order chi connectivity index (χ0) is 20.5. The summed E-state index contributed by atoms with van der Waals surface area (Å²) in [4.78, 5) is 16.3. The fourth-order valence-electron chi connectivity index (χ4n) is 3.50. The number of benzene rings is 2. The second-order valence-corrected chi connectivity index (χ2v) is 7.16. The number of hydrogen-bond acceptors (Lipinski definition) is 3. The molecule has 1 atom stereocenters. The van der Waals surface area contributed by atoms with Crippen molar-refractivity contribution in [3.05, 3.63) is 65.2 Å². The van der Waals surface area contributed by atoms with Crippen molar-refractivity contribution in [1.82, 2.24) is 10.6 Å². The van der Waals surface area contributed by atoms with Crippen LogP contribution in [0.3, 0.4) is 0 Å². The number of aliphatic imine (C=N–C) groups is 1. The van der Waals surface area contributed by atoms with Crippen LogP contribution in [0.4, 0.5) is 5.69 Å². The van der Waals surface area contributed by atoms with Crippen LogP contribution in [0.2, 0.25) is 0 Å². The molecule has 3 rings (SSSR count). The number of anilines is 1. The number of rotatable bonds is 8. The van der Waals surface area contributed by atoms with Gasteiger partial charge in [-0.25, -0.2) is 0 Å². The quantitative estimate of drug-likeness (QED) is 0.364. The molecule has 0 fully saturated rings. The summed E-state index contributed by atoms with van der Waals surface area (Å²) in [6.45, 7) is 4.79. The van der Waals surface area contributed by atoms with E-state index in [0.717, 1.165) is 30.2 Å². The number of carbonyl (C=O) groups excluding carboxylic acids is 1. The van der Waals surface area contributed by atoms with Crippen LogP contribution in [0.5, 0.6) is 0 Å². The predicted molar refractivity (Wildman–Crippen MR) is 117 cm³/mol. The van der Waals surface area contributed by atoms with Gasteiger partial charge < -0.3 is 20.7 Å². The van der Waals surface area contributed by atoms with Gasteiger partial charge in [-0.15, -0.1) is 0 Å².